The van der Waals surface area contributed by atoms with Gasteiger partial charge < -0.3 is 14.9 Å². The van der Waals surface area contributed by atoms with Crippen LogP contribution in [0.25, 0.3) is 0 Å². The molecular formula is C3H7ClO5. The van der Waals surface area contributed by atoms with Gasteiger partial charge in [-0.3, -0.25) is 0 Å². The number of carboxylic acids is 1. The smallest absolute Gasteiger partial charge is 0.332 e. The first-order chi connectivity index (χ1) is 4.06. The van der Waals surface area contributed by atoms with Gasteiger partial charge in [-0.2, -0.15) is 0 Å². The van der Waals surface area contributed by atoms with Crippen molar-refractivity contribution < 1.29 is 35.7 Å². The number of halogens is 1. The van der Waals surface area contributed by atoms with Crippen LogP contribution >= 0.6 is 0 Å². The SMILES string of the molecule is CC(O)C(=O)O.[O-][Cl+]O. The third-order valence-electron chi connectivity index (χ3n) is 0.357. The molecule has 1 unspecified atom stereocenters. The minimum atomic E-state index is -1.23. The van der Waals surface area contributed by atoms with Crippen molar-refractivity contribution in [2.75, 3.05) is 0 Å². The Bertz CT molecular complexity index is 72.6. The molecule has 5 nitrogen and oxygen atoms in total. The van der Waals surface area contributed by atoms with Gasteiger partial charge in [-0.1, -0.05) is 0 Å². The number of aliphatic carboxylic acids is 1. The Morgan fingerprint density at radius 2 is 1.89 bits per heavy atom. The molecule has 0 saturated heterocycles. The molecule has 0 heterocycles. The molecule has 0 bridgehead atoms. The van der Waals surface area contributed by atoms with Crippen molar-refractivity contribution in [2.45, 2.75) is 13.0 Å². The van der Waals surface area contributed by atoms with Gasteiger partial charge in [-0.25, -0.2) is 4.79 Å². The lowest BCUT2D eigenvalue weighted by molar-refractivity contribution is -1.27. The van der Waals surface area contributed by atoms with Crippen LogP contribution < -0.4 is 4.66 Å². The minimum Gasteiger partial charge on any atom is -0.506 e. The van der Waals surface area contributed by atoms with E-state index in [1.165, 1.54) is 6.92 Å². The van der Waals surface area contributed by atoms with Crippen molar-refractivity contribution in [3.8, 4) is 0 Å². The maximum atomic E-state index is 9.45. The Hall–Kier alpha value is -0.360. The average molecular weight is 159 g/mol. The van der Waals surface area contributed by atoms with Crippen LogP contribution in [0.15, 0.2) is 0 Å². The van der Waals surface area contributed by atoms with E-state index in [1.807, 2.05) is 0 Å². The average Bonchev–Trinajstić information content (AvgIpc) is 1.68. The summed E-state index contributed by atoms with van der Waals surface area (Å²) >= 11 is -0.167. The van der Waals surface area contributed by atoms with Gasteiger partial charge in [0.2, 0.25) is 0 Å². The van der Waals surface area contributed by atoms with E-state index in [9.17, 15) is 4.79 Å². The van der Waals surface area contributed by atoms with E-state index in [1.54, 1.807) is 0 Å². The Kier molecular flexibility index (Phi) is 9.71. The topological polar surface area (TPSA) is 101 Å². The molecule has 0 aliphatic rings. The van der Waals surface area contributed by atoms with Crippen molar-refractivity contribution in [1.29, 1.82) is 0 Å². The molecule has 0 aromatic rings. The summed E-state index contributed by atoms with van der Waals surface area (Å²) in [5.74, 6) is -1.19. The van der Waals surface area contributed by atoms with Crippen molar-refractivity contribution >= 4 is 5.97 Å². The maximum absolute atomic E-state index is 9.45. The number of carbonyl (C=O) groups is 1. The number of hydrogen-bond acceptors (Lipinski definition) is 4. The van der Waals surface area contributed by atoms with Gasteiger partial charge in [0.15, 0.2) is 0 Å². The van der Waals surface area contributed by atoms with Crippen LogP contribution in [0.4, 0.5) is 0 Å². The molecule has 56 valence electrons. The highest BCUT2D eigenvalue weighted by Crippen LogP contribution is 1.73. The number of carboxylic acid groups (broad SMARTS) is 1. The quantitative estimate of drug-likeness (QED) is 0.399. The van der Waals surface area contributed by atoms with E-state index in [0.717, 1.165) is 0 Å². The van der Waals surface area contributed by atoms with Gasteiger partial charge in [0.05, 0.1) is 0 Å². The summed E-state index contributed by atoms with van der Waals surface area (Å²) in [6, 6.07) is 0. The van der Waals surface area contributed by atoms with Gasteiger partial charge in [-0.15, -0.1) is 4.66 Å². The predicted octanol–water partition coefficient (Wildman–Crippen LogP) is -2.29. The molecule has 0 amide bonds. The molecule has 0 aliphatic heterocycles. The van der Waals surface area contributed by atoms with E-state index in [2.05, 4.69) is 0 Å². The first-order valence-corrected chi connectivity index (χ1v) is 2.52. The fraction of sp³-hybridized carbons (Fsp3) is 0.667. The second-order valence-corrected chi connectivity index (χ2v) is 1.22. The van der Waals surface area contributed by atoms with Gasteiger partial charge in [0, 0.05) is 0 Å². The maximum Gasteiger partial charge on any atom is 0.332 e. The molecule has 0 aromatic heterocycles. The molecule has 0 radical (unpaired) electrons. The minimum absolute atomic E-state index is 0.167. The molecule has 0 spiro atoms. The van der Waals surface area contributed by atoms with Gasteiger partial charge in [0.1, 0.15) is 6.10 Å². The molecule has 3 N–H and O–H groups in total. The van der Waals surface area contributed by atoms with Crippen LogP contribution in [-0.4, -0.2) is 26.9 Å². The molecule has 1 atom stereocenters. The summed E-state index contributed by atoms with van der Waals surface area (Å²) in [4.78, 5) is 9.45. The van der Waals surface area contributed by atoms with Crippen LogP contribution in [0, 0.1) is 11.3 Å². The van der Waals surface area contributed by atoms with Crippen molar-refractivity contribution in [2.24, 2.45) is 0 Å². The molecule has 0 aromatic carbocycles. The first-order valence-electron chi connectivity index (χ1n) is 1.88. The number of aliphatic hydroxyl groups is 1. The van der Waals surface area contributed by atoms with E-state index in [0.29, 0.717) is 0 Å². The molecule has 9 heavy (non-hydrogen) atoms. The summed E-state index contributed by atoms with van der Waals surface area (Å²) in [5.41, 5.74) is 0. The fourth-order valence-corrected chi connectivity index (χ4v) is 0. The Morgan fingerprint density at radius 3 is 1.89 bits per heavy atom. The molecule has 0 aliphatic carbocycles. The van der Waals surface area contributed by atoms with Crippen LogP contribution in [0.3, 0.4) is 0 Å². The zero-order chi connectivity index (χ0) is 7.86. The summed E-state index contributed by atoms with van der Waals surface area (Å²) in [6.07, 6.45) is -1.23. The lowest BCUT2D eigenvalue weighted by Gasteiger charge is -1.89. The highest BCUT2D eigenvalue weighted by Gasteiger charge is 2.01. The number of rotatable bonds is 1. The molecule has 0 fully saturated rings. The molecule has 6 heteroatoms. The number of aliphatic hydroxyl groups excluding tert-OH is 1. The third-order valence-corrected chi connectivity index (χ3v) is 0.357. The van der Waals surface area contributed by atoms with Crippen molar-refractivity contribution in [3.63, 3.8) is 0 Å². The van der Waals surface area contributed by atoms with Crippen LogP contribution in [0.2, 0.25) is 0 Å². The molecule has 0 saturated carbocycles. The number of hydrogen-bond donors (Lipinski definition) is 3. The highest BCUT2D eigenvalue weighted by atomic mass is 35.6. The Balaban J connectivity index is 0. The second-order valence-electron chi connectivity index (χ2n) is 1.08. The van der Waals surface area contributed by atoms with Crippen LogP contribution in [0.1, 0.15) is 6.92 Å². The lowest BCUT2D eigenvalue weighted by Crippen LogP contribution is -2.13. The zero-order valence-electron chi connectivity index (χ0n) is 4.61. The van der Waals surface area contributed by atoms with Gasteiger partial charge in [-0.05, 0) is 6.92 Å². The van der Waals surface area contributed by atoms with Crippen molar-refractivity contribution in [1.82, 2.24) is 0 Å². The van der Waals surface area contributed by atoms with E-state index in [-0.39, 0.29) is 11.3 Å². The fourth-order valence-electron chi connectivity index (χ4n) is 0. The molecular weight excluding hydrogens is 151 g/mol. The summed E-state index contributed by atoms with van der Waals surface area (Å²) in [5, 5.41) is 15.8. The van der Waals surface area contributed by atoms with E-state index in [4.69, 9.17) is 19.5 Å². The van der Waals surface area contributed by atoms with Crippen LogP contribution in [0.5, 0.6) is 0 Å². The third kappa shape index (κ3) is 18.3. The summed E-state index contributed by atoms with van der Waals surface area (Å²) in [6.45, 7) is 1.20. The van der Waals surface area contributed by atoms with E-state index < -0.39 is 12.1 Å². The van der Waals surface area contributed by atoms with Crippen LogP contribution in [-0.2, 0) is 4.79 Å². The summed E-state index contributed by atoms with van der Waals surface area (Å²) < 4.78 is 15.2. The largest absolute Gasteiger partial charge is 0.506 e. The predicted molar refractivity (Wildman–Crippen MR) is 21.5 cm³/mol. The lowest BCUT2D eigenvalue weighted by atomic mass is 10.4. The van der Waals surface area contributed by atoms with E-state index >= 15 is 0 Å². The highest BCUT2D eigenvalue weighted by molar-refractivity contribution is 5.71. The second kappa shape index (κ2) is 7.64. The van der Waals surface area contributed by atoms with Crippen molar-refractivity contribution in [3.05, 3.63) is 0 Å². The zero-order valence-corrected chi connectivity index (χ0v) is 5.37. The van der Waals surface area contributed by atoms with Gasteiger partial charge in [0.25, 0.3) is 0 Å². The normalized spacial score (nSPS) is 11.1. The standard InChI is InChI=1S/C3H6O3.ClHO2/c1-2(4)3(5)6;2-1-3/h2,4H,1H3,(H,5,6);2H. The Morgan fingerprint density at radius 1 is 1.78 bits per heavy atom. The summed E-state index contributed by atoms with van der Waals surface area (Å²) in [7, 11) is 0. The van der Waals surface area contributed by atoms with Gasteiger partial charge >= 0.3 is 17.3 Å². The molecule has 0 rings (SSSR count). The Labute approximate surface area is 55.6 Å². The monoisotopic (exact) mass is 158 g/mol. The first kappa shape index (κ1) is 11.4.